The topological polar surface area (TPSA) is 70.5 Å². The van der Waals surface area contributed by atoms with E-state index in [9.17, 15) is 4.79 Å². The van der Waals surface area contributed by atoms with Gasteiger partial charge in [0.25, 0.3) is 0 Å². The van der Waals surface area contributed by atoms with Gasteiger partial charge in [-0.25, -0.2) is 14.8 Å². The van der Waals surface area contributed by atoms with Crippen molar-refractivity contribution in [1.82, 2.24) is 9.97 Å². The van der Waals surface area contributed by atoms with Crippen molar-refractivity contribution in [3.8, 4) is 22.9 Å². The fraction of sp³-hybridized carbons (Fsp3) is 0.552. The third-order valence-corrected chi connectivity index (χ3v) is 5.53. The van der Waals surface area contributed by atoms with Gasteiger partial charge in [0.15, 0.2) is 11.6 Å². The Morgan fingerprint density at radius 2 is 1.40 bits per heavy atom. The summed E-state index contributed by atoms with van der Waals surface area (Å²) in [5, 5.41) is 0. The Bertz CT molecular complexity index is 835. The van der Waals surface area contributed by atoms with Gasteiger partial charge >= 0.3 is 5.97 Å². The van der Waals surface area contributed by atoms with Crippen LogP contribution < -0.4 is 9.47 Å². The van der Waals surface area contributed by atoms with Gasteiger partial charge in [0.05, 0.1) is 19.0 Å². The van der Waals surface area contributed by atoms with Crippen molar-refractivity contribution in [2.75, 3.05) is 19.8 Å². The molecule has 2 aromatic rings. The molecule has 35 heavy (non-hydrogen) atoms. The van der Waals surface area contributed by atoms with Crippen molar-refractivity contribution in [2.45, 2.75) is 84.5 Å². The summed E-state index contributed by atoms with van der Waals surface area (Å²) in [6, 6.07) is 7.19. The number of carbonyl (C=O) groups excluding carboxylic acids is 1. The van der Waals surface area contributed by atoms with Crippen LogP contribution in [0.4, 0.5) is 0 Å². The molecule has 0 aliphatic heterocycles. The fourth-order valence-electron chi connectivity index (χ4n) is 3.46. The zero-order chi connectivity index (χ0) is 25.0. The molecule has 1 aromatic heterocycles. The van der Waals surface area contributed by atoms with E-state index in [4.69, 9.17) is 14.2 Å². The van der Waals surface area contributed by atoms with Gasteiger partial charge in [0, 0.05) is 24.9 Å². The van der Waals surface area contributed by atoms with E-state index in [1.165, 1.54) is 44.6 Å². The second-order valence-corrected chi connectivity index (χ2v) is 8.67. The molecule has 0 radical (unpaired) electrons. The van der Waals surface area contributed by atoms with E-state index in [0.717, 1.165) is 50.9 Å². The molecule has 0 N–H and O–H groups in total. The third-order valence-electron chi connectivity index (χ3n) is 5.53. The van der Waals surface area contributed by atoms with Crippen molar-refractivity contribution in [3.05, 3.63) is 48.8 Å². The molecule has 6 heteroatoms. The summed E-state index contributed by atoms with van der Waals surface area (Å²) in [6.07, 6.45) is 19.3. The highest BCUT2D eigenvalue weighted by Crippen LogP contribution is 2.20. The molecule has 0 unspecified atom stereocenters. The highest BCUT2D eigenvalue weighted by Gasteiger charge is 2.05. The largest absolute Gasteiger partial charge is 0.490 e. The molecule has 0 aliphatic rings. The molecule has 1 heterocycles. The van der Waals surface area contributed by atoms with Gasteiger partial charge in [-0.05, 0) is 56.4 Å². The first-order valence-electron chi connectivity index (χ1n) is 13.2. The molecule has 0 amide bonds. The Morgan fingerprint density at radius 1 is 0.771 bits per heavy atom. The lowest BCUT2D eigenvalue weighted by molar-refractivity contribution is -0.129. The standard InChI is InChI=1S/C29H42N2O4/c1-3-5-7-9-10-11-15-28(32)35-26-18-16-25(17-19-26)29-30-23-27(24-31-29)34-22-14-13-21-33-20-12-8-6-4-2/h11,15-19,23-24H,3-10,12-14,20-22H2,1-2H3/b15-11+. The number of hydrogen-bond acceptors (Lipinski definition) is 6. The number of aromatic nitrogens is 2. The van der Waals surface area contributed by atoms with Crippen LogP contribution in [0, 0.1) is 0 Å². The van der Waals surface area contributed by atoms with Gasteiger partial charge in [-0.15, -0.1) is 0 Å². The van der Waals surface area contributed by atoms with Crippen LogP contribution in [0.25, 0.3) is 11.4 Å². The molecule has 0 saturated heterocycles. The normalized spacial score (nSPS) is 11.1. The minimum Gasteiger partial charge on any atom is -0.490 e. The van der Waals surface area contributed by atoms with Crippen molar-refractivity contribution < 1.29 is 19.0 Å². The summed E-state index contributed by atoms with van der Waals surface area (Å²) < 4.78 is 16.7. The molecule has 0 fully saturated rings. The SMILES string of the molecule is CCCCCC/C=C/C(=O)Oc1ccc(-c2ncc(OCCCCOCCCCCC)cn2)cc1. The van der Waals surface area contributed by atoms with Crippen LogP contribution in [0.15, 0.2) is 48.8 Å². The van der Waals surface area contributed by atoms with Crippen molar-refractivity contribution in [1.29, 1.82) is 0 Å². The molecular weight excluding hydrogens is 440 g/mol. The van der Waals surface area contributed by atoms with Gasteiger partial charge < -0.3 is 14.2 Å². The zero-order valence-corrected chi connectivity index (χ0v) is 21.5. The third kappa shape index (κ3) is 13.1. The number of rotatable bonds is 19. The summed E-state index contributed by atoms with van der Waals surface area (Å²) in [6.45, 7) is 6.66. The lowest BCUT2D eigenvalue weighted by atomic mass is 10.1. The van der Waals surface area contributed by atoms with Gasteiger partial charge in [-0.3, -0.25) is 0 Å². The highest BCUT2D eigenvalue weighted by atomic mass is 16.5. The summed E-state index contributed by atoms with van der Waals surface area (Å²) in [4.78, 5) is 20.7. The van der Waals surface area contributed by atoms with Crippen LogP contribution in [0.1, 0.15) is 84.5 Å². The first kappa shape index (κ1) is 28.5. The van der Waals surface area contributed by atoms with Crippen molar-refractivity contribution >= 4 is 5.97 Å². The summed E-state index contributed by atoms with van der Waals surface area (Å²) in [7, 11) is 0. The summed E-state index contributed by atoms with van der Waals surface area (Å²) in [5.74, 6) is 1.39. The lowest BCUT2D eigenvalue weighted by Gasteiger charge is -2.07. The smallest absolute Gasteiger partial charge is 0.335 e. The van der Waals surface area contributed by atoms with Crippen LogP contribution in [0.2, 0.25) is 0 Å². The minimum absolute atomic E-state index is 0.357. The van der Waals surface area contributed by atoms with Crippen molar-refractivity contribution in [2.24, 2.45) is 0 Å². The molecular formula is C29H42N2O4. The molecule has 1 aromatic carbocycles. The van der Waals surface area contributed by atoms with Crippen LogP contribution >= 0.6 is 0 Å². The number of unbranched alkanes of at least 4 members (excludes halogenated alkanes) is 8. The van der Waals surface area contributed by atoms with Crippen molar-refractivity contribution in [3.63, 3.8) is 0 Å². The molecule has 0 saturated carbocycles. The minimum atomic E-state index is -0.357. The second kappa shape index (κ2) is 18.6. The van der Waals surface area contributed by atoms with Gasteiger partial charge in [-0.1, -0.05) is 58.4 Å². The number of carbonyl (C=O) groups is 1. The Hall–Kier alpha value is -2.73. The molecule has 0 spiro atoms. The molecule has 6 nitrogen and oxygen atoms in total. The predicted octanol–water partition coefficient (Wildman–Crippen LogP) is 7.33. The maximum atomic E-state index is 11.9. The molecule has 0 atom stereocenters. The van der Waals surface area contributed by atoms with Crippen LogP contribution in [0.3, 0.4) is 0 Å². The van der Waals surface area contributed by atoms with Crippen LogP contribution in [-0.2, 0) is 9.53 Å². The fourth-order valence-corrected chi connectivity index (χ4v) is 3.46. The summed E-state index contributed by atoms with van der Waals surface area (Å²) >= 11 is 0. The first-order chi connectivity index (χ1) is 17.2. The van der Waals surface area contributed by atoms with Gasteiger partial charge in [0.2, 0.25) is 0 Å². The number of benzene rings is 1. The maximum absolute atomic E-state index is 11.9. The second-order valence-electron chi connectivity index (χ2n) is 8.67. The highest BCUT2D eigenvalue weighted by molar-refractivity contribution is 5.84. The maximum Gasteiger partial charge on any atom is 0.335 e. The van der Waals surface area contributed by atoms with E-state index in [2.05, 4.69) is 23.8 Å². The monoisotopic (exact) mass is 482 g/mol. The first-order valence-corrected chi connectivity index (χ1v) is 13.2. The van der Waals surface area contributed by atoms with E-state index >= 15 is 0 Å². The molecule has 192 valence electrons. The average molecular weight is 483 g/mol. The number of nitrogens with zero attached hydrogens (tertiary/aromatic N) is 2. The van der Waals surface area contributed by atoms with E-state index in [-0.39, 0.29) is 5.97 Å². The Labute approximate surface area is 211 Å². The van der Waals surface area contributed by atoms with Crippen LogP contribution in [0.5, 0.6) is 11.5 Å². The number of allylic oxidation sites excluding steroid dienone is 1. The Kier molecular flexibility index (Phi) is 15.1. The average Bonchev–Trinajstić information content (AvgIpc) is 2.88. The van der Waals surface area contributed by atoms with Gasteiger partial charge in [0.1, 0.15) is 5.75 Å². The lowest BCUT2D eigenvalue weighted by Crippen LogP contribution is -2.03. The number of ether oxygens (including phenoxy) is 3. The number of hydrogen-bond donors (Lipinski definition) is 0. The molecule has 0 bridgehead atoms. The zero-order valence-electron chi connectivity index (χ0n) is 21.5. The van der Waals surface area contributed by atoms with E-state index in [1.807, 2.05) is 18.2 Å². The number of esters is 1. The van der Waals surface area contributed by atoms with Gasteiger partial charge in [-0.2, -0.15) is 0 Å². The van der Waals surface area contributed by atoms with E-state index in [0.29, 0.717) is 23.9 Å². The quantitative estimate of drug-likeness (QED) is 0.0903. The van der Waals surface area contributed by atoms with Crippen LogP contribution in [-0.4, -0.2) is 35.8 Å². The van der Waals surface area contributed by atoms with E-state index < -0.39 is 0 Å². The molecule has 2 rings (SSSR count). The Morgan fingerprint density at radius 3 is 2.09 bits per heavy atom. The molecule has 0 aliphatic carbocycles. The van der Waals surface area contributed by atoms with E-state index in [1.54, 1.807) is 24.5 Å². The predicted molar refractivity (Wildman–Crippen MR) is 141 cm³/mol. The Balaban J connectivity index is 1.64. The summed E-state index contributed by atoms with van der Waals surface area (Å²) in [5.41, 5.74) is 0.846.